The predicted molar refractivity (Wildman–Crippen MR) is 192 cm³/mol. The van der Waals surface area contributed by atoms with Crippen molar-refractivity contribution in [2.24, 2.45) is 11.8 Å². The van der Waals surface area contributed by atoms with Crippen LogP contribution in [0.25, 0.3) is 0 Å². The summed E-state index contributed by atoms with van der Waals surface area (Å²) in [6.07, 6.45) is 14.2. The molecule has 0 aromatic heterocycles. The Morgan fingerprint density at radius 2 is 1.59 bits per heavy atom. The molecule has 0 saturated heterocycles. The second kappa shape index (κ2) is 28.3. The van der Waals surface area contributed by atoms with Crippen LogP contribution in [0, 0.1) is 31.6 Å². The van der Waals surface area contributed by atoms with Crippen LogP contribution in [-0.2, 0) is 28.7 Å². The third kappa shape index (κ3) is 21.0. The Balaban J connectivity index is -0.000000555. The van der Waals surface area contributed by atoms with Gasteiger partial charge in [0.2, 0.25) is 0 Å². The van der Waals surface area contributed by atoms with Gasteiger partial charge in [-0.25, -0.2) is 0 Å². The van der Waals surface area contributed by atoms with Crippen LogP contribution in [0.4, 0.5) is 13.2 Å². The van der Waals surface area contributed by atoms with Gasteiger partial charge in [-0.05, 0) is 80.5 Å². The number of benzene rings is 2. The van der Waals surface area contributed by atoms with Crippen molar-refractivity contribution in [3.63, 3.8) is 0 Å². The van der Waals surface area contributed by atoms with Gasteiger partial charge in [0.25, 0.3) is 0 Å². The first-order valence-corrected chi connectivity index (χ1v) is 17.0. The Bertz CT molecular complexity index is 1060. The van der Waals surface area contributed by atoms with Crippen LogP contribution in [0.5, 0.6) is 0 Å². The SMILES string of the molecule is C#C.C=O.CC.CC.CC1CCCc2cc(CNC3CC3)ccc21.CCCCC(C)C(C)C(C)=O.Cc1cccc(C(F)(F)F)c1. The molecule has 2 aromatic carbocycles. The van der Waals surface area contributed by atoms with Crippen LogP contribution in [0.15, 0.2) is 42.5 Å². The number of carbonyl (C=O) groups is 2. The summed E-state index contributed by atoms with van der Waals surface area (Å²) in [6, 6.07) is 13.1. The van der Waals surface area contributed by atoms with Crippen molar-refractivity contribution in [3.8, 4) is 12.8 Å². The van der Waals surface area contributed by atoms with Gasteiger partial charge in [-0.15, -0.1) is 12.8 Å². The van der Waals surface area contributed by atoms with E-state index in [1.807, 2.05) is 41.4 Å². The van der Waals surface area contributed by atoms with E-state index in [4.69, 9.17) is 4.79 Å². The van der Waals surface area contributed by atoms with E-state index in [9.17, 15) is 18.0 Å². The second-order valence-electron chi connectivity index (χ2n) is 11.4. The lowest BCUT2D eigenvalue weighted by molar-refractivity contribution is -0.137. The summed E-state index contributed by atoms with van der Waals surface area (Å²) >= 11 is 0. The molecule has 46 heavy (non-hydrogen) atoms. The first-order valence-electron chi connectivity index (χ1n) is 17.0. The first-order chi connectivity index (χ1) is 21.9. The number of ketones is 1. The highest BCUT2D eigenvalue weighted by Crippen LogP contribution is 2.32. The summed E-state index contributed by atoms with van der Waals surface area (Å²) < 4.78 is 35.9. The predicted octanol–water partition coefficient (Wildman–Crippen LogP) is 11.5. The Labute approximate surface area is 280 Å². The van der Waals surface area contributed by atoms with Gasteiger partial charge in [-0.3, -0.25) is 4.79 Å². The van der Waals surface area contributed by atoms with Crippen LogP contribution in [0.1, 0.15) is 141 Å². The Hall–Kier alpha value is -2.91. The first kappa shape index (κ1) is 47.5. The topological polar surface area (TPSA) is 46.2 Å². The average molecular weight is 648 g/mol. The number of nitrogens with one attached hydrogen (secondary N) is 1. The highest BCUT2D eigenvalue weighted by Gasteiger charge is 2.30. The molecule has 2 aliphatic rings. The molecule has 2 aromatic rings. The zero-order chi connectivity index (χ0) is 36.3. The quantitative estimate of drug-likeness (QED) is 0.290. The largest absolute Gasteiger partial charge is 0.416 e. The molecule has 6 heteroatoms. The van der Waals surface area contributed by atoms with Crippen LogP contribution in [0.3, 0.4) is 0 Å². The molecule has 1 N–H and O–H groups in total. The van der Waals surface area contributed by atoms with Gasteiger partial charge >= 0.3 is 6.18 Å². The van der Waals surface area contributed by atoms with Gasteiger partial charge in [-0.1, -0.05) is 117 Å². The zero-order valence-electron chi connectivity index (χ0n) is 30.5. The third-order valence-electron chi connectivity index (χ3n) is 7.85. The van der Waals surface area contributed by atoms with Crippen LogP contribution in [-0.4, -0.2) is 18.6 Å². The lowest BCUT2D eigenvalue weighted by Crippen LogP contribution is -2.16. The molecule has 0 amide bonds. The van der Waals surface area contributed by atoms with E-state index in [2.05, 4.69) is 57.1 Å². The molecule has 0 heterocycles. The van der Waals surface area contributed by atoms with E-state index < -0.39 is 11.7 Å². The summed E-state index contributed by atoms with van der Waals surface area (Å²) in [6.45, 7) is 23.1. The number of Topliss-reactive ketones (excluding diaryl/α,β-unsaturated/α-hetero) is 1. The minimum Gasteiger partial charge on any atom is -0.310 e. The maximum atomic E-state index is 12.0. The maximum absolute atomic E-state index is 12.0. The van der Waals surface area contributed by atoms with E-state index in [-0.39, 0.29) is 5.92 Å². The number of rotatable bonds is 8. The highest BCUT2D eigenvalue weighted by atomic mass is 19.4. The number of aryl methyl sites for hydroxylation is 2. The standard InChI is InChI=1S/C15H21N.C10H20O.C8H7F3.2C2H6.C2H2.CH2O/c1-11-3-2-4-13-9-12(5-8-15(11)13)10-16-14-6-7-14;1-5-6-7-8(2)9(3)10(4)11;1-6-3-2-4-7(5-6)8(9,10)11;4*1-2/h5,8-9,11,14,16H,2-4,6-7,10H2,1H3;8-9H,5-7H2,1-4H3;2-5H,1H3;2*1-2H3;1-2H;1H2. The Kier molecular flexibility index (Phi) is 29.2. The fourth-order valence-electron chi connectivity index (χ4n) is 4.77. The zero-order valence-corrected chi connectivity index (χ0v) is 30.5. The number of fused-ring (bicyclic) bond motifs is 1. The van der Waals surface area contributed by atoms with Gasteiger partial charge < -0.3 is 10.1 Å². The monoisotopic (exact) mass is 647 g/mol. The molecule has 3 atom stereocenters. The van der Waals surface area contributed by atoms with Crippen molar-refractivity contribution in [2.45, 2.75) is 145 Å². The summed E-state index contributed by atoms with van der Waals surface area (Å²) in [5.74, 6) is 1.91. The van der Waals surface area contributed by atoms with Crippen LogP contribution in [0.2, 0.25) is 0 Å². The van der Waals surface area contributed by atoms with Crippen molar-refractivity contribution >= 4 is 12.6 Å². The van der Waals surface area contributed by atoms with Crippen LogP contribution >= 0.6 is 0 Å². The fourth-order valence-corrected chi connectivity index (χ4v) is 4.77. The van der Waals surface area contributed by atoms with Crippen molar-refractivity contribution in [1.82, 2.24) is 5.32 Å². The van der Waals surface area contributed by atoms with Crippen molar-refractivity contribution in [1.29, 1.82) is 0 Å². The molecule has 3 unspecified atom stereocenters. The minimum atomic E-state index is -4.22. The number of halogens is 3. The highest BCUT2D eigenvalue weighted by molar-refractivity contribution is 5.78. The minimum absolute atomic E-state index is 0.251. The van der Waals surface area contributed by atoms with Crippen LogP contribution < -0.4 is 5.32 Å². The molecule has 1 fully saturated rings. The number of hydrogen-bond donors (Lipinski definition) is 1. The molecule has 1 saturated carbocycles. The summed E-state index contributed by atoms with van der Waals surface area (Å²) in [5.41, 5.74) is 4.72. The fraction of sp³-hybridized carbons (Fsp3) is 0.600. The van der Waals surface area contributed by atoms with Crippen molar-refractivity contribution in [3.05, 3.63) is 70.3 Å². The second-order valence-corrected chi connectivity index (χ2v) is 11.4. The van der Waals surface area contributed by atoms with Gasteiger partial charge in [-0.2, -0.15) is 13.2 Å². The number of hydrogen-bond acceptors (Lipinski definition) is 3. The van der Waals surface area contributed by atoms with Gasteiger partial charge in [0.1, 0.15) is 12.6 Å². The van der Waals surface area contributed by atoms with Gasteiger partial charge in [0.15, 0.2) is 0 Å². The van der Waals surface area contributed by atoms with Gasteiger partial charge in [0.05, 0.1) is 5.56 Å². The molecular formula is C40H64F3NO2. The van der Waals surface area contributed by atoms with Crippen molar-refractivity contribution < 1.29 is 22.8 Å². The third-order valence-corrected chi connectivity index (χ3v) is 7.85. The van der Waals surface area contributed by atoms with E-state index in [1.54, 1.807) is 31.0 Å². The van der Waals surface area contributed by atoms with Gasteiger partial charge in [0, 0.05) is 18.5 Å². The van der Waals surface area contributed by atoms with E-state index in [0.29, 0.717) is 17.3 Å². The van der Waals surface area contributed by atoms with E-state index in [0.717, 1.165) is 30.6 Å². The normalized spacial score (nSPS) is 15.4. The molecule has 2 aliphatic carbocycles. The number of terminal acetylenes is 1. The lowest BCUT2D eigenvalue weighted by Gasteiger charge is -2.23. The lowest BCUT2D eigenvalue weighted by atomic mass is 9.83. The molecule has 0 spiro atoms. The maximum Gasteiger partial charge on any atom is 0.416 e. The molecule has 4 rings (SSSR count). The molecule has 262 valence electrons. The number of carbonyl (C=O) groups excluding carboxylic acids is 2. The smallest absolute Gasteiger partial charge is 0.310 e. The molecule has 0 aliphatic heterocycles. The number of alkyl halides is 3. The Morgan fingerprint density at radius 1 is 1.00 bits per heavy atom. The molecule has 0 bridgehead atoms. The number of unbranched alkanes of at least 4 members (excludes halogenated alkanes) is 1. The molecule has 0 radical (unpaired) electrons. The summed E-state index contributed by atoms with van der Waals surface area (Å²) in [7, 11) is 0. The average Bonchev–Trinajstić information content (AvgIpc) is 3.91. The van der Waals surface area contributed by atoms with E-state index in [1.165, 1.54) is 63.0 Å². The molecular weight excluding hydrogens is 583 g/mol. The Morgan fingerprint density at radius 3 is 2.04 bits per heavy atom. The summed E-state index contributed by atoms with van der Waals surface area (Å²) in [5, 5.41) is 3.59. The summed E-state index contributed by atoms with van der Waals surface area (Å²) in [4.78, 5) is 18.9. The van der Waals surface area contributed by atoms with E-state index >= 15 is 0 Å². The molecule has 3 nitrogen and oxygen atoms in total. The van der Waals surface area contributed by atoms with Crippen molar-refractivity contribution in [2.75, 3.05) is 0 Å².